The molecule has 2 aliphatic heterocycles. The minimum atomic E-state index is -3.28. The van der Waals surface area contributed by atoms with Gasteiger partial charge in [0.2, 0.25) is 11.8 Å². The molecule has 2 N–H and O–H groups in total. The fraction of sp³-hybridized carbons (Fsp3) is 0.440. The van der Waals surface area contributed by atoms with Gasteiger partial charge >= 0.3 is 0 Å². The lowest BCUT2D eigenvalue weighted by atomic mass is 9.94. The summed E-state index contributed by atoms with van der Waals surface area (Å²) >= 11 is 0. The van der Waals surface area contributed by atoms with E-state index in [4.69, 9.17) is 5.73 Å². The first kappa shape index (κ1) is 21.9. The molecule has 2 fully saturated rings. The molecule has 1 saturated carbocycles. The molecule has 0 aromatic heterocycles. The lowest BCUT2D eigenvalue weighted by molar-refractivity contribution is -0.138. The Morgan fingerprint density at radius 2 is 1.82 bits per heavy atom. The average Bonchev–Trinajstić information content (AvgIpc) is 3.42. The maximum absolute atomic E-state index is 13.8. The molecule has 33 heavy (non-hydrogen) atoms. The molecule has 1 unspecified atom stereocenters. The van der Waals surface area contributed by atoms with Gasteiger partial charge in [-0.3, -0.25) is 9.59 Å². The molecule has 2 amide bonds. The summed E-state index contributed by atoms with van der Waals surface area (Å²) in [4.78, 5) is 31.0. The molecule has 174 valence electrons. The van der Waals surface area contributed by atoms with E-state index in [9.17, 15) is 18.0 Å². The van der Waals surface area contributed by atoms with E-state index in [2.05, 4.69) is 6.92 Å². The number of piperidine rings is 1. The largest absolute Gasteiger partial charge is 0.399 e. The normalized spacial score (nSPS) is 26.0. The molecule has 0 radical (unpaired) electrons. The summed E-state index contributed by atoms with van der Waals surface area (Å²) in [6, 6.07) is 11.8. The number of nitrogens with zero attached hydrogens (tertiary/aromatic N) is 2. The van der Waals surface area contributed by atoms with Gasteiger partial charge in [0.05, 0.1) is 11.3 Å². The Balaban J connectivity index is 1.37. The van der Waals surface area contributed by atoms with Crippen molar-refractivity contribution in [1.82, 2.24) is 4.90 Å². The first-order valence-corrected chi connectivity index (χ1v) is 13.3. The molecular formula is C25H29N3O4S. The van der Waals surface area contributed by atoms with E-state index in [1.165, 1.54) is 12.1 Å². The van der Waals surface area contributed by atoms with Crippen LogP contribution in [0.3, 0.4) is 0 Å². The van der Waals surface area contributed by atoms with Gasteiger partial charge in [-0.2, -0.15) is 0 Å². The zero-order chi connectivity index (χ0) is 23.5. The van der Waals surface area contributed by atoms with E-state index in [1.807, 2.05) is 23.1 Å². The van der Waals surface area contributed by atoms with Crippen LogP contribution in [0, 0.1) is 5.92 Å². The van der Waals surface area contributed by atoms with Gasteiger partial charge in [0, 0.05) is 29.7 Å². The molecule has 2 heterocycles. The van der Waals surface area contributed by atoms with Crippen LogP contribution >= 0.6 is 0 Å². The van der Waals surface area contributed by atoms with Gasteiger partial charge in [-0.1, -0.05) is 12.1 Å². The van der Waals surface area contributed by atoms with Crippen LogP contribution in [-0.2, 0) is 32.3 Å². The lowest BCUT2D eigenvalue weighted by Crippen LogP contribution is -2.53. The number of hydrogen-bond donors (Lipinski definition) is 1. The van der Waals surface area contributed by atoms with E-state index in [0.29, 0.717) is 18.0 Å². The van der Waals surface area contributed by atoms with E-state index >= 15 is 0 Å². The molecule has 0 bridgehead atoms. The maximum Gasteiger partial charge on any atom is 0.250 e. The Kier molecular flexibility index (Phi) is 5.23. The number of fused-ring (bicyclic) bond motifs is 2. The van der Waals surface area contributed by atoms with Crippen molar-refractivity contribution in [3.63, 3.8) is 0 Å². The van der Waals surface area contributed by atoms with Gasteiger partial charge in [-0.15, -0.1) is 0 Å². The lowest BCUT2D eigenvalue weighted by Gasteiger charge is -2.39. The van der Waals surface area contributed by atoms with Crippen molar-refractivity contribution in [2.75, 3.05) is 16.9 Å². The highest BCUT2D eigenvalue weighted by molar-refractivity contribution is 7.90. The average molecular weight is 468 g/mol. The monoisotopic (exact) mass is 467 g/mol. The van der Waals surface area contributed by atoms with Gasteiger partial charge < -0.3 is 15.5 Å². The Morgan fingerprint density at radius 1 is 1.09 bits per heavy atom. The highest BCUT2D eigenvalue weighted by atomic mass is 32.2. The summed E-state index contributed by atoms with van der Waals surface area (Å²) < 4.78 is 23.4. The van der Waals surface area contributed by atoms with E-state index in [-0.39, 0.29) is 35.2 Å². The number of likely N-dealkylation sites (tertiary alicyclic amines) is 1. The van der Waals surface area contributed by atoms with Crippen molar-refractivity contribution < 1.29 is 18.0 Å². The van der Waals surface area contributed by atoms with E-state index < -0.39 is 15.9 Å². The zero-order valence-corrected chi connectivity index (χ0v) is 19.7. The quantitative estimate of drug-likeness (QED) is 0.697. The van der Waals surface area contributed by atoms with Crippen LogP contribution in [-0.4, -0.2) is 49.5 Å². The van der Waals surface area contributed by atoms with Gasteiger partial charge in [0.1, 0.15) is 6.04 Å². The van der Waals surface area contributed by atoms with E-state index in [0.717, 1.165) is 42.3 Å². The standard InChI is InChI=1S/C25H29N3O4S/c1-15-3-6-17-12-19(26)7-10-21(17)27(15)25(30)23-14-18-13-22(18)28(23)24(29)11-16-4-8-20(9-5-16)33(2,31)32/h4-5,7-10,12,15,18,22-23H,3,6,11,13-14,26H2,1-2H3/t15?,18-,22-,23-/m1/s1. The number of amides is 2. The number of sulfone groups is 1. The van der Waals surface area contributed by atoms with Crippen LogP contribution in [0.25, 0.3) is 0 Å². The first-order chi connectivity index (χ1) is 15.6. The van der Waals surface area contributed by atoms with Crippen LogP contribution in [0.2, 0.25) is 0 Å². The molecule has 8 heteroatoms. The number of nitrogens with two attached hydrogens (primary N) is 1. The summed E-state index contributed by atoms with van der Waals surface area (Å²) in [5.41, 5.74) is 9.38. The Morgan fingerprint density at radius 3 is 2.52 bits per heavy atom. The van der Waals surface area contributed by atoms with Gasteiger partial charge in [-0.05, 0) is 80.0 Å². The van der Waals surface area contributed by atoms with Crippen molar-refractivity contribution >= 4 is 33.0 Å². The van der Waals surface area contributed by atoms with Crippen molar-refractivity contribution in [3.05, 3.63) is 53.6 Å². The smallest absolute Gasteiger partial charge is 0.250 e. The Labute approximate surface area is 194 Å². The highest BCUT2D eigenvalue weighted by Gasteiger charge is 2.57. The molecule has 1 saturated heterocycles. The molecule has 2 aromatic rings. The maximum atomic E-state index is 13.8. The number of benzene rings is 2. The molecule has 7 nitrogen and oxygen atoms in total. The number of carbonyl (C=O) groups is 2. The third kappa shape index (κ3) is 4.01. The Bertz CT molecular complexity index is 1220. The summed E-state index contributed by atoms with van der Waals surface area (Å²) in [7, 11) is -3.28. The molecule has 5 rings (SSSR count). The number of carbonyl (C=O) groups excluding carboxylic acids is 2. The summed E-state index contributed by atoms with van der Waals surface area (Å²) in [5.74, 6) is 0.301. The summed E-state index contributed by atoms with van der Waals surface area (Å²) in [6.07, 6.45) is 4.71. The first-order valence-electron chi connectivity index (χ1n) is 11.4. The topological polar surface area (TPSA) is 101 Å². The second-order valence-corrected chi connectivity index (χ2v) is 11.7. The van der Waals surface area contributed by atoms with Crippen molar-refractivity contribution in [3.8, 4) is 0 Å². The predicted octanol–water partition coefficient (Wildman–Crippen LogP) is 2.57. The van der Waals surface area contributed by atoms with Crippen LogP contribution in [0.4, 0.5) is 11.4 Å². The number of rotatable bonds is 4. The van der Waals surface area contributed by atoms with Gasteiger partial charge in [0.25, 0.3) is 0 Å². The molecule has 3 aliphatic rings. The number of nitrogen functional groups attached to an aromatic ring is 1. The SMILES string of the molecule is CC1CCc2cc(N)ccc2N1C(=O)[C@H]1C[C@H]2C[C@H]2N1C(=O)Cc1ccc(S(C)(=O)=O)cc1. The van der Waals surface area contributed by atoms with Crippen LogP contribution in [0.5, 0.6) is 0 Å². The molecular weight excluding hydrogens is 438 g/mol. The minimum Gasteiger partial charge on any atom is -0.399 e. The van der Waals surface area contributed by atoms with Crippen LogP contribution in [0.1, 0.15) is 37.3 Å². The van der Waals surface area contributed by atoms with Crippen LogP contribution < -0.4 is 10.6 Å². The van der Waals surface area contributed by atoms with Crippen LogP contribution in [0.15, 0.2) is 47.4 Å². The Hall–Kier alpha value is -2.87. The van der Waals surface area contributed by atoms with Gasteiger partial charge in [-0.25, -0.2) is 8.42 Å². The molecule has 0 spiro atoms. The van der Waals surface area contributed by atoms with Crippen molar-refractivity contribution in [2.45, 2.75) is 62.0 Å². The summed E-state index contributed by atoms with van der Waals surface area (Å²) in [6.45, 7) is 2.06. The molecule has 4 atom stereocenters. The van der Waals surface area contributed by atoms with Crippen molar-refractivity contribution in [2.24, 2.45) is 5.92 Å². The molecule has 2 aromatic carbocycles. The predicted molar refractivity (Wildman–Crippen MR) is 127 cm³/mol. The minimum absolute atomic E-state index is 0.0128. The molecule has 1 aliphatic carbocycles. The number of aryl methyl sites for hydroxylation is 1. The number of hydrogen-bond acceptors (Lipinski definition) is 5. The zero-order valence-electron chi connectivity index (χ0n) is 18.9. The fourth-order valence-electron chi connectivity index (χ4n) is 5.42. The number of anilines is 2. The highest BCUT2D eigenvalue weighted by Crippen LogP contribution is 2.49. The summed E-state index contributed by atoms with van der Waals surface area (Å²) in [5, 5.41) is 0. The van der Waals surface area contributed by atoms with E-state index in [1.54, 1.807) is 17.0 Å². The second-order valence-electron chi connectivity index (χ2n) is 9.69. The third-order valence-electron chi connectivity index (χ3n) is 7.26. The van der Waals surface area contributed by atoms with Gasteiger partial charge in [0.15, 0.2) is 9.84 Å². The van der Waals surface area contributed by atoms with Crippen molar-refractivity contribution in [1.29, 1.82) is 0 Å². The third-order valence-corrected chi connectivity index (χ3v) is 8.39. The fourth-order valence-corrected chi connectivity index (χ4v) is 6.05. The second kappa shape index (κ2) is 7.87.